The molecule has 0 spiro atoms. The first-order valence-corrected chi connectivity index (χ1v) is 11.4. The van der Waals surface area contributed by atoms with E-state index in [1.807, 2.05) is 0 Å². The maximum Gasteiger partial charge on any atom is 0.287 e. The fraction of sp³-hybridized carbons (Fsp3) is 0.320. The molecule has 36 heavy (non-hydrogen) atoms. The Balaban J connectivity index is 1.18. The van der Waals surface area contributed by atoms with Gasteiger partial charge < -0.3 is 29.3 Å². The number of fused-ring (bicyclic) bond motifs is 1. The van der Waals surface area contributed by atoms with E-state index in [2.05, 4.69) is 10.6 Å². The number of rotatable bonds is 8. The van der Waals surface area contributed by atoms with Crippen LogP contribution in [0.3, 0.4) is 0 Å². The minimum atomic E-state index is -0.632. The van der Waals surface area contributed by atoms with E-state index >= 15 is 0 Å². The number of benzene rings is 2. The van der Waals surface area contributed by atoms with Gasteiger partial charge in [0.1, 0.15) is 17.1 Å². The number of methoxy groups -OCH3 is 2. The second-order valence-electron chi connectivity index (χ2n) is 9.14. The highest BCUT2D eigenvalue weighted by Crippen LogP contribution is 2.60. The zero-order valence-corrected chi connectivity index (χ0v) is 20.2. The van der Waals surface area contributed by atoms with Crippen LogP contribution in [0.5, 0.6) is 17.2 Å². The topological polar surface area (TPSA) is 116 Å². The first-order valence-electron chi connectivity index (χ1n) is 11.1. The molecule has 3 saturated carbocycles. The number of carbonyl (C=O) groups excluding carboxylic acids is 2. The summed E-state index contributed by atoms with van der Waals surface area (Å²) < 4.78 is 35.0. The number of carbonyl (C=O) groups is 2. The summed E-state index contributed by atoms with van der Waals surface area (Å²) in [5.74, 6) is -0.680. The van der Waals surface area contributed by atoms with Crippen molar-refractivity contribution in [2.45, 2.75) is 30.3 Å². The zero-order valence-electron chi connectivity index (χ0n) is 19.4. The average Bonchev–Trinajstić information content (AvgIpc) is 2.81. The fourth-order valence-electron chi connectivity index (χ4n) is 5.00. The van der Waals surface area contributed by atoms with Crippen molar-refractivity contribution in [3.63, 3.8) is 0 Å². The summed E-state index contributed by atoms with van der Waals surface area (Å²) in [5, 5.41) is 6.07. The van der Waals surface area contributed by atoms with E-state index in [0.717, 1.165) is 12.1 Å². The Bertz CT molecular complexity index is 1430. The molecule has 1 heterocycles. The predicted octanol–water partition coefficient (Wildman–Crippen LogP) is 3.20. The van der Waals surface area contributed by atoms with Gasteiger partial charge >= 0.3 is 0 Å². The molecule has 3 aromatic rings. The molecular formula is C25H22ClFN2O7. The Morgan fingerprint density at radius 2 is 1.69 bits per heavy atom. The number of hydrogen-bond donors (Lipinski definition) is 2. The van der Waals surface area contributed by atoms with Crippen LogP contribution in [0.1, 0.15) is 29.8 Å². The van der Waals surface area contributed by atoms with Gasteiger partial charge in [-0.05, 0) is 37.5 Å². The minimum absolute atomic E-state index is 0.0315. The lowest BCUT2D eigenvalue weighted by Crippen LogP contribution is -2.84. The van der Waals surface area contributed by atoms with Gasteiger partial charge in [-0.15, -0.1) is 0 Å². The van der Waals surface area contributed by atoms with Gasteiger partial charge in [-0.25, -0.2) is 4.39 Å². The molecule has 0 atom stereocenters. The third-order valence-electron chi connectivity index (χ3n) is 6.53. The van der Waals surface area contributed by atoms with E-state index in [9.17, 15) is 18.8 Å². The number of amides is 2. The highest BCUT2D eigenvalue weighted by molar-refractivity contribution is 6.30. The molecule has 0 radical (unpaired) electrons. The van der Waals surface area contributed by atoms with E-state index in [-0.39, 0.29) is 45.4 Å². The normalized spacial score (nSPS) is 21.7. The van der Waals surface area contributed by atoms with Crippen molar-refractivity contribution in [3.05, 3.63) is 63.2 Å². The monoisotopic (exact) mass is 516 g/mol. The Morgan fingerprint density at radius 3 is 2.36 bits per heavy atom. The maximum atomic E-state index is 13.5. The van der Waals surface area contributed by atoms with Gasteiger partial charge in [0.15, 0.2) is 29.3 Å². The SMILES string of the molecule is COc1cc2oc(C(=O)NC34CC(NC(=O)COc5ccc(Cl)c(F)c5)(C3)C4)cc(=O)c2cc1OC. The molecule has 3 fully saturated rings. The lowest BCUT2D eigenvalue weighted by atomic mass is 9.44. The van der Waals surface area contributed by atoms with Crippen molar-refractivity contribution in [2.75, 3.05) is 20.8 Å². The van der Waals surface area contributed by atoms with Crippen LogP contribution in [0.2, 0.25) is 5.02 Å². The van der Waals surface area contributed by atoms with Crippen molar-refractivity contribution in [2.24, 2.45) is 0 Å². The Kier molecular flexibility index (Phi) is 5.78. The molecule has 188 valence electrons. The molecule has 1 aromatic heterocycles. The Hall–Kier alpha value is -3.79. The molecule has 2 amide bonds. The highest BCUT2D eigenvalue weighted by Gasteiger charge is 2.69. The molecule has 2 N–H and O–H groups in total. The lowest BCUT2D eigenvalue weighted by Gasteiger charge is -2.70. The number of ether oxygens (including phenoxy) is 3. The van der Waals surface area contributed by atoms with E-state index in [4.69, 9.17) is 30.2 Å². The Morgan fingerprint density at radius 1 is 1.03 bits per heavy atom. The highest BCUT2D eigenvalue weighted by atomic mass is 35.5. The summed E-state index contributed by atoms with van der Waals surface area (Å²) in [4.78, 5) is 37.7. The van der Waals surface area contributed by atoms with E-state index < -0.39 is 22.8 Å². The maximum absolute atomic E-state index is 13.5. The van der Waals surface area contributed by atoms with Crippen molar-refractivity contribution in [1.82, 2.24) is 10.6 Å². The molecule has 3 aliphatic rings. The van der Waals surface area contributed by atoms with E-state index in [0.29, 0.717) is 30.8 Å². The van der Waals surface area contributed by atoms with Crippen LogP contribution >= 0.6 is 11.6 Å². The minimum Gasteiger partial charge on any atom is -0.493 e. The second kappa shape index (κ2) is 8.70. The van der Waals surface area contributed by atoms with Gasteiger partial charge in [0.05, 0.1) is 24.6 Å². The summed E-state index contributed by atoms with van der Waals surface area (Å²) in [7, 11) is 2.92. The lowest BCUT2D eigenvalue weighted by molar-refractivity contribution is -0.141. The van der Waals surface area contributed by atoms with Crippen LogP contribution in [-0.2, 0) is 4.79 Å². The van der Waals surface area contributed by atoms with E-state index in [1.54, 1.807) is 0 Å². The van der Waals surface area contributed by atoms with Crippen LogP contribution < -0.4 is 30.3 Å². The Labute approximate surface area is 209 Å². The molecule has 9 nitrogen and oxygen atoms in total. The summed E-state index contributed by atoms with van der Waals surface area (Å²) in [5.41, 5.74) is -1.08. The largest absolute Gasteiger partial charge is 0.493 e. The van der Waals surface area contributed by atoms with Gasteiger partial charge in [-0.2, -0.15) is 0 Å². The molecule has 3 aliphatic carbocycles. The van der Waals surface area contributed by atoms with Crippen LogP contribution in [-0.4, -0.2) is 43.7 Å². The average molecular weight is 517 g/mol. The molecule has 2 bridgehead atoms. The fourth-order valence-corrected chi connectivity index (χ4v) is 5.11. The van der Waals surface area contributed by atoms with Crippen LogP contribution in [0.4, 0.5) is 4.39 Å². The molecule has 2 aromatic carbocycles. The van der Waals surface area contributed by atoms with Gasteiger partial charge in [0.25, 0.3) is 11.8 Å². The standard InChI is InChI=1S/C25H22ClFN2O7/c1-33-19-6-14-17(30)7-21(36-18(14)8-20(19)34-2)23(32)29-25-10-24(11-25,12-25)28-22(31)9-35-13-3-4-15(26)16(27)5-13/h3-8H,9-12H2,1-2H3,(H,28,31)(H,29,32). The summed E-state index contributed by atoms with van der Waals surface area (Å²) in [6.45, 7) is -0.279. The molecule has 6 rings (SSSR count). The van der Waals surface area contributed by atoms with Crippen LogP contribution in [0.25, 0.3) is 11.0 Å². The van der Waals surface area contributed by atoms with Gasteiger partial charge in [-0.1, -0.05) is 11.6 Å². The zero-order chi connectivity index (χ0) is 25.7. The van der Waals surface area contributed by atoms with Crippen molar-refractivity contribution in [3.8, 4) is 17.2 Å². The number of nitrogens with one attached hydrogen (secondary N) is 2. The van der Waals surface area contributed by atoms with Gasteiger partial charge in [0, 0.05) is 29.3 Å². The quantitative estimate of drug-likeness (QED) is 0.472. The second-order valence-corrected chi connectivity index (χ2v) is 9.54. The van der Waals surface area contributed by atoms with Gasteiger partial charge in [-0.3, -0.25) is 14.4 Å². The first-order chi connectivity index (χ1) is 17.1. The van der Waals surface area contributed by atoms with Crippen molar-refractivity contribution < 1.29 is 32.6 Å². The molecule has 0 saturated heterocycles. The van der Waals surface area contributed by atoms with Gasteiger partial charge in [0.2, 0.25) is 0 Å². The van der Waals surface area contributed by atoms with Crippen molar-refractivity contribution >= 4 is 34.4 Å². The summed E-state index contributed by atoms with van der Waals surface area (Å²) >= 11 is 5.64. The smallest absolute Gasteiger partial charge is 0.287 e. The van der Waals surface area contributed by atoms with Crippen LogP contribution in [0.15, 0.2) is 45.6 Å². The summed E-state index contributed by atoms with van der Waals surface area (Å²) in [6, 6.07) is 8.08. The number of halogens is 2. The summed E-state index contributed by atoms with van der Waals surface area (Å²) in [6.07, 6.45) is 1.61. The molecule has 0 aliphatic heterocycles. The van der Waals surface area contributed by atoms with E-state index in [1.165, 1.54) is 38.5 Å². The predicted molar refractivity (Wildman–Crippen MR) is 127 cm³/mol. The molecule has 11 heteroatoms. The third kappa shape index (κ3) is 4.21. The van der Waals surface area contributed by atoms with Crippen molar-refractivity contribution in [1.29, 1.82) is 0 Å². The van der Waals surface area contributed by atoms with Crippen LogP contribution in [0, 0.1) is 5.82 Å². The number of hydrogen-bond acceptors (Lipinski definition) is 7. The molecule has 0 unspecified atom stereocenters. The third-order valence-corrected chi connectivity index (χ3v) is 6.84. The first kappa shape index (κ1) is 23.9. The molecular weight excluding hydrogens is 495 g/mol.